The Hall–Kier alpha value is -1.26. The summed E-state index contributed by atoms with van der Waals surface area (Å²) in [6, 6.07) is -0.864. The minimum absolute atomic E-state index is 0.0548. The molecule has 9 nitrogen and oxygen atoms in total. The highest BCUT2D eigenvalue weighted by atomic mass is 16.5. The molecule has 0 radical (unpaired) electrons. The van der Waals surface area contributed by atoms with Gasteiger partial charge in [-0.3, -0.25) is 9.59 Å². The van der Waals surface area contributed by atoms with Gasteiger partial charge in [-0.15, -0.1) is 0 Å². The first-order valence-corrected chi connectivity index (χ1v) is 18.6. The summed E-state index contributed by atoms with van der Waals surface area (Å²) < 4.78 is 11.4. The van der Waals surface area contributed by atoms with Gasteiger partial charge in [0.15, 0.2) is 0 Å². The zero-order valence-electron chi connectivity index (χ0n) is 29.9. The largest absolute Gasteiger partial charge is 0.480 e. The van der Waals surface area contributed by atoms with Gasteiger partial charge in [-0.2, -0.15) is 0 Å². The molecule has 1 atom stereocenters. The van der Waals surface area contributed by atoms with Crippen LogP contribution in [0.4, 0.5) is 0 Å². The van der Waals surface area contributed by atoms with E-state index in [1.807, 2.05) is 0 Å². The Morgan fingerprint density at radius 2 is 0.956 bits per heavy atom. The zero-order chi connectivity index (χ0) is 33.2. The molecule has 45 heavy (non-hydrogen) atoms. The van der Waals surface area contributed by atoms with Crippen LogP contribution < -0.4 is 21.3 Å². The number of rotatable bonds is 36. The van der Waals surface area contributed by atoms with Gasteiger partial charge in [-0.05, 0) is 83.1 Å². The number of carboxylic acid groups (broad SMARTS) is 1. The van der Waals surface area contributed by atoms with Gasteiger partial charge in [-0.1, -0.05) is 91.9 Å². The molecule has 1 amide bonds. The smallest absolute Gasteiger partial charge is 0.321 e. The molecule has 0 fully saturated rings. The van der Waals surface area contributed by atoms with E-state index in [0.29, 0.717) is 13.1 Å². The molecule has 0 aliphatic heterocycles. The molecular formula is C36H74N4O5. The predicted molar refractivity (Wildman–Crippen MR) is 188 cm³/mol. The lowest BCUT2D eigenvalue weighted by Gasteiger charge is -2.14. The van der Waals surface area contributed by atoms with E-state index < -0.39 is 12.0 Å². The number of aliphatic carboxylic acids is 1. The van der Waals surface area contributed by atoms with E-state index in [4.69, 9.17) is 9.47 Å². The van der Waals surface area contributed by atoms with Crippen molar-refractivity contribution in [2.45, 2.75) is 143 Å². The Labute approximate surface area is 277 Å². The summed E-state index contributed by atoms with van der Waals surface area (Å²) in [4.78, 5) is 23.8. The fourth-order valence-electron chi connectivity index (χ4n) is 5.06. The van der Waals surface area contributed by atoms with Crippen molar-refractivity contribution in [2.24, 2.45) is 11.8 Å². The number of hydrogen-bond acceptors (Lipinski definition) is 7. The lowest BCUT2D eigenvalue weighted by atomic mass is 10.0. The molecule has 0 aromatic heterocycles. The number of amides is 1. The SMILES string of the molecule is CC(C)CCCCCCCOCCCNCCCNC(=O)C[C@H](NCCCNCCCOCCCCCCCC(C)C)C(=O)O. The highest BCUT2D eigenvalue weighted by Gasteiger charge is 2.20. The van der Waals surface area contributed by atoms with Crippen LogP contribution in [0.2, 0.25) is 0 Å². The third-order valence-electron chi connectivity index (χ3n) is 7.89. The van der Waals surface area contributed by atoms with Crippen LogP contribution in [0.1, 0.15) is 137 Å². The highest BCUT2D eigenvalue weighted by molar-refractivity contribution is 5.84. The van der Waals surface area contributed by atoms with Crippen molar-refractivity contribution in [3.05, 3.63) is 0 Å². The minimum atomic E-state index is -0.990. The molecule has 0 heterocycles. The van der Waals surface area contributed by atoms with Gasteiger partial charge in [0.25, 0.3) is 0 Å². The van der Waals surface area contributed by atoms with E-state index >= 15 is 0 Å². The zero-order valence-corrected chi connectivity index (χ0v) is 29.9. The van der Waals surface area contributed by atoms with Crippen LogP contribution >= 0.6 is 0 Å². The maximum Gasteiger partial charge on any atom is 0.321 e. The Kier molecular flexibility index (Phi) is 33.1. The summed E-state index contributed by atoms with van der Waals surface area (Å²) >= 11 is 0. The van der Waals surface area contributed by atoms with E-state index in [0.717, 1.165) is 103 Å². The van der Waals surface area contributed by atoms with Crippen LogP contribution in [-0.2, 0) is 19.1 Å². The molecule has 268 valence electrons. The molecule has 0 unspecified atom stereocenters. The normalized spacial score (nSPS) is 12.3. The summed E-state index contributed by atoms with van der Waals surface area (Å²) in [6.45, 7) is 16.9. The number of carboxylic acids is 1. The second-order valence-electron chi connectivity index (χ2n) is 13.4. The summed E-state index contributed by atoms with van der Waals surface area (Å²) in [5.74, 6) is 0.416. The van der Waals surface area contributed by atoms with E-state index in [1.165, 1.54) is 64.2 Å². The van der Waals surface area contributed by atoms with Crippen LogP contribution in [-0.4, -0.2) is 88.7 Å². The Morgan fingerprint density at radius 1 is 0.533 bits per heavy atom. The van der Waals surface area contributed by atoms with Crippen molar-refractivity contribution < 1.29 is 24.2 Å². The van der Waals surface area contributed by atoms with Gasteiger partial charge >= 0.3 is 5.97 Å². The van der Waals surface area contributed by atoms with Crippen LogP contribution in [0.3, 0.4) is 0 Å². The fourth-order valence-corrected chi connectivity index (χ4v) is 5.06. The Bertz CT molecular complexity index is 651. The summed E-state index contributed by atoms with van der Waals surface area (Å²) in [5.41, 5.74) is 0. The van der Waals surface area contributed by atoms with Crippen LogP contribution in [0.25, 0.3) is 0 Å². The van der Waals surface area contributed by atoms with Gasteiger partial charge < -0.3 is 35.8 Å². The summed E-state index contributed by atoms with van der Waals surface area (Å²) in [5, 5.41) is 22.1. The third kappa shape index (κ3) is 35.4. The van der Waals surface area contributed by atoms with Gasteiger partial charge in [0.1, 0.15) is 6.04 Å². The number of nitrogens with one attached hydrogen (secondary N) is 4. The van der Waals surface area contributed by atoms with E-state index in [1.54, 1.807) is 0 Å². The lowest BCUT2D eigenvalue weighted by molar-refractivity contribution is -0.141. The van der Waals surface area contributed by atoms with E-state index in [9.17, 15) is 14.7 Å². The molecule has 0 saturated carbocycles. The van der Waals surface area contributed by atoms with Crippen molar-refractivity contribution in [3.8, 4) is 0 Å². The van der Waals surface area contributed by atoms with E-state index in [2.05, 4.69) is 49.0 Å². The molecule has 0 rings (SSSR count). The monoisotopic (exact) mass is 643 g/mol. The minimum Gasteiger partial charge on any atom is -0.480 e. The molecule has 0 spiro atoms. The number of ether oxygens (including phenoxy) is 2. The molecule has 0 aliphatic carbocycles. The molecule has 5 N–H and O–H groups in total. The van der Waals surface area contributed by atoms with Gasteiger partial charge in [0.2, 0.25) is 5.91 Å². The molecule has 0 bridgehead atoms. The van der Waals surface area contributed by atoms with Crippen molar-refractivity contribution in [3.63, 3.8) is 0 Å². The maximum absolute atomic E-state index is 12.2. The van der Waals surface area contributed by atoms with Crippen LogP contribution in [0, 0.1) is 11.8 Å². The van der Waals surface area contributed by atoms with Crippen molar-refractivity contribution in [2.75, 3.05) is 65.7 Å². The van der Waals surface area contributed by atoms with Crippen molar-refractivity contribution in [1.29, 1.82) is 0 Å². The second kappa shape index (κ2) is 34.1. The van der Waals surface area contributed by atoms with Crippen molar-refractivity contribution in [1.82, 2.24) is 21.3 Å². The second-order valence-corrected chi connectivity index (χ2v) is 13.4. The Morgan fingerprint density at radius 3 is 1.44 bits per heavy atom. The predicted octanol–water partition coefficient (Wildman–Crippen LogP) is 6.30. The first-order valence-electron chi connectivity index (χ1n) is 18.6. The first kappa shape index (κ1) is 43.7. The van der Waals surface area contributed by atoms with Crippen LogP contribution in [0.15, 0.2) is 0 Å². The Balaban J connectivity index is 3.50. The first-order chi connectivity index (χ1) is 21.8. The maximum atomic E-state index is 12.2. The van der Waals surface area contributed by atoms with E-state index in [-0.39, 0.29) is 12.3 Å². The van der Waals surface area contributed by atoms with Crippen LogP contribution in [0.5, 0.6) is 0 Å². The molecular weight excluding hydrogens is 568 g/mol. The van der Waals surface area contributed by atoms with Gasteiger partial charge in [0.05, 0.1) is 6.42 Å². The number of carbonyl (C=O) groups is 2. The fraction of sp³-hybridized carbons (Fsp3) is 0.944. The quantitative estimate of drug-likeness (QED) is 0.0505. The topological polar surface area (TPSA) is 121 Å². The summed E-state index contributed by atoms with van der Waals surface area (Å²) in [7, 11) is 0. The molecule has 0 saturated heterocycles. The lowest BCUT2D eigenvalue weighted by Crippen LogP contribution is -2.42. The van der Waals surface area contributed by atoms with Gasteiger partial charge in [-0.25, -0.2) is 0 Å². The van der Waals surface area contributed by atoms with Crippen molar-refractivity contribution >= 4 is 11.9 Å². The number of hydrogen-bond donors (Lipinski definition) is 5. The molecule has 9 heteroatoms. The molecule has 0 aliphatic rings. The summed E-state index contributed by atoms with van der Waals surface area (Å²) in [6.07, 6.45) is 19.0. The average Bonchev–Trinajstić information content (AvgIpc) is 2.99. The van der Waals surface area contributed by atoms with Gasteiger partial charge in [0, 0.05) is 33.0 Å². The standard InChI is InChI=1S/C36H74N4O5/c1-32(2)19-11-7-5-9-13-27-44-29-17-23-37-21-15-25-39-34(36(42)43)31-35(41)40-26-16-22-38-24-18-30-45-28-14-10-6-8-12-20-33(3)4/h32-34,37-39H,5-31H2,1-4H3,(H,40,41)(H,42,43)/t34-/m0/s1. The molecule has 0 aromatic carbocycles. The molecule has 0 aromatic rings. The number of carbonyl (C=O) groups excluding carboxylic acids is 1. The average molecular weight is 643 g/mol. The highest BCUT2D eigenvalue weighted by Crippen LogP contribution is 2.11. The number of unbranched alkanes of at least 4 members (excludes halogenated alkanes) is 8. The third-order valence-corrected chi connectivity index (χ3v) is 7.89.